The molecule has 1 amide bonds. The van der Waals surface area contributed by atoms with Gasteiger partial charge in [0.05, 0.1) is 12.7 Å². The quantitative estimate of drug-likeness (QED) is 0.884. The minimum absolute atomic E-state index is 0. The fourth-order valence-electron chi connectivity index (χ4n) is 1.89. The van der Waals surface area contributed by atoms with E-state index < -0.39 is 0 Å². The van der Waals surface area contributed by atoms with E-state index in [-0.39, 0.29) is 24.4 Å². The lowest BCUT2D eigenvalue weighted by Crippen LogP contribution is -2.35. The third kappa shape index (κ3) is 4.06. The molecule has 0 bridgehead atoms. The molecule has 1 unspecified atom stereocenters. The van der Waals surface area contributed by atoms with Gasteiger partial charge in [-0.25, -0.2) is 0 Å². The van der Waals surface area contributed by atoms with Crippen LogP contribution in [0.3, 0.4) is 0 Å². The molecule has 0 aliphatic carbocycles. The molecule has 2 aromatic heterocycles. The number of aryl methyl sites for hydroxylation is 2. The zero-order valence-corrected chi connectivity index (χ0v) is 13.3. The van der Waals surface area contributed by atoms with Crippen LogP contribution in [-0.2, 0) is 18.4 Å². The molecule has 0 aliphatic rings. The topological polar surface area (TPSA) is 59.0 Å². The van der Waals surface area contributed by atoms with Crippen LogP contribution in [0.25, 0.3) is 0 Å². The fourth-order valence-corrected chi connectivity index (χ4v) is 2.72. The average molecular weight is 315 g/mol. The molecular formula is C13H19ClN4OS. The average Bonchev–Trinajstić information content (AvgIpc) is 2.97. The van der Waals surface area contributed by atoms with Gasteiger partial charge in [0.15, 0.2) is 0 Å². The molecule has 1 atom stereocenters. The highest BCUT2D eigenvalue weighted by Crippen LogP contribution is 2.16. The number of rotatable bonds is 5. The second-order valence-electron chi connectivity index (χ2n) is 4.40. The number of carbonyl (C=O) groups excluding carboxylic acids is 1. The maximum Gasteiger partial charge on any atom is 0.242 e. The maximum atomic E-state index is 12.2. The van der Waals surface area contributed by atoms with E-state index >= 15 is 0 Å². The molecule has 2 heterocycles. The number of hydrogen-bond acceptors (Lipinski definition) is 4. The molecular weight excluding hydrogens is 296 g/mol. The molecule has 0 aliphatic heterocycles. The van der Waals surface area contributed by atoms with E-state index in [2.05, 4.69) is 28.7 Å². The van der Waals surface area contributed by atoms with E-state index in [0.717, 1.165) is 10.4 Å². The van der Waals surface area contributed by atoms with Crippen LogP contribution in [0.1, 0.15) is 21.4 Å². The predicted octanol–water partition coefficient (Wildman–Crippen LogP) is 1.79. The monoisotopic (exact) mass is 314 g/mol. The molecule has 0 aromatic carbocycles. The summed E-state index contributed by atoms with van der Waals surface area (Å²) in [6.45, 7) is 2.62. The van der Waals surface area contributed by atoms with Crippen LogP contribution in [0.15, 0.2) is 24.5 Å². The SMILES string of the molecule is CNC(C(=O)NCc1ccc(C)s1)c1cnn(C)c1.Cl. The van der Waals surface area contributed by atoms with Crippen LogP contribution in [0.4, 0.5) is 0 Å². The summed E-state index contributed by atoms with van der Waals surface area (Å²) >= 11 is 1.70. The van der Waals surface area contributed by atoms with Crippen LogP contribution >= 0.6 is 23.7 Å². The van der Waals surface area contributed by atoms with Crippen molar-refractivity contribution in [3.63, 3.8) is 0 Å². The molecule has 0 radical (unpaired) electrons. The molecule has 2 aromatic rings. The number of nitrogens with one attached hydrogen (secondary N) is 2. The van der Waals surface area contributed by atoms with E-state index in [1.807, 2.05) is 19.3 Å². The third-order valence-electron chi connectivity index (χ3n) is 2.84. The maximum absolute atomic E-state index is 12.2. The fraction of sp³-hybridized carbons (Fsp3) is 0.385. The third-order valence-corrected chi connectivity index (χ3v) is 3.84. The van der Waals surface area contributed by atoms with Gasteiger partial charge in [-0.2, -0.15) is 5.10 Å². The standard InChI is InChI=1S/C13H18N4OS.ClH/c1-9-4-5-11(19-9)7-15-13(18)12(14-2)10-6-16-17(3)8-10;/h4-6,8,12,14H,7H2,1-3H3,(H,15,18);1H. The zero-order chi connectivity index (χ0) is 13.8. The minimum atomic E-state index is -0.366. The van der Waals surface area contributed by atoms with Gasteiger partial charge in [0.2, 0.25) is 5.91 Å². The predicted molar refractivity (Wildman–Crippen MR) is 83.2 cm³/mol. The first-order valence-corrected chi connectivity index (χ1v) is 6.90. The number of halogens is 1. The molecule has 2 N–H and O–H groups in total. The summed E-state index contributed by atoms with van der Waals surface area (Å²) in [5.74, 6) is -0.0402. The van der Waals surface area contributed by atoms with Gasteiger partial charge in [-0.15, -0.1) is 23.7 Å². The number of amides is 1. The highest BCUT2D eigenvalue weighted by Gasteiger charge is 2.19. The largest absolute Gasteiger partial charge is 0.350 e. The number of hydrogen-bond donors (Lipinski definition) is 2. The number of nitrogens with zero attached hydrogens (tertiary/aromatic N) is 2. The van der Waals surface area contributed by atoms with Crippen molar-refractivity contribution in [1.82, 2.24) is 20.4 Å². The Kier molecular flexibility index (Phi) is 6.19. The number of carbonyl (C=O) groups is 1. The molecule has 20 heavy (non-hydrogen) atoms. The first kappa shape index (κ1) is 16.7. The molecule has 0 saturated carbocycles. The van der Waals surface area contributed by atoms with E-state index in [9.17, 15) is 4.79 Å². The van der Waals surface area contributed by atoms with Crippen LogP contribution < -0.4 is 10.6 Å². The number of thiophene rings is 1. The summed E-state index contributed by atoms with van der Waals surface area (Å²) < 4.78 is 1.69. The zero-order valence-electron chi connectivity index (χ0n) is 11.7. The summed E-state index contributed by atoms with van der Waals surface area (Å²) in [5, 5.41) is 10.0. The highest BCUT2D eigenvalue weighted by atomic mass is 35.5. The van der Waals surface area contributed by atoms with Gasteiger partial charge in [-0.05, 0) is 26.1 Å². The van der Waals surface area contributed by atoms with Crippen molar-refractivity contribution in [2.45, 2.75) is 19.5 Å². The smallest absolute Gasteiger partial charge is 0.242 e. The summed E-state index contributed by atoms with van der Waals surface area (Å²) in [6.07, 6.45) is 3.55. The van der Waals surface area contributed by atoms with Crippen LogP contribution in [0, 0.1) is 6.92 Å². The van der Waals surface area contributed by atoms with E-state index in [1.54, 1.807) is 29.3 Å². The van der Waals surface area contributed by atoms with Gasteiger partial charge in [-0.1, -0.05) is 0 Å². The van der Waals surface area contributed by atoms with Crippen LogP contribution in [0.5, 0.6) is 0 Å². The second-order valence-corrected chi connectivity index (χ2v) is 5.77. The van der Waals surface area contributed by atoms with Crippen molar-refractivity contribution >= 4 is 29.7 Å². The molecule has 5 nitrogen and oxygen atoms in total. The Morgan fingerprint density at radius 2 is 2.25 bits per heavy atom. The van der Waals surface area contributed by atoms with Gasteiger partial charge in [-0.3, -0.25) is 9.48 Å². The Labute approximate surface area is 128 Å². The molecule has 0 fully saturated rings. The Morgan fingerprint density at radius 3 is 2.75 bits per heavy atom. The van der Waals surface area contributed by atoms with Crippen molar-refractivity contribution in [1.29, 1.82) is 0 Å². The molecule has 0 saturated heterocycles. The number of aromatic nitrogens is 2. The van der Waals surface area contributed by atoms with E-state index in [0.29, 0.717) is 6.54 Å². The van der Waals surface area contributed by atoms with Crippen molar-refractivity contribution in [3.05, 3.63) is 39.8 Å². The van der Waals surface area contributed by atoms with Crippen molar-refractivity contribution in [3.8, 4) is 0 Å². The van der Waals surface area contributed by atoms with Crippen molar-refractivity contribution < 1.29 is 4.79 Å². The molecule has 7 heteroatoms. The van der Waals surface area contributed by atoms with Gasteiger partial charge in [0, 0.05) is 28.6 Å². The second kappa shape index (κ2) is 7.42. The summed E-state index contributed by atoms with van der Waals surface area (Å²) in [7, 11) is 3.61. The van der Waals surface area contributed by atoms with Gasteiger partial charge in [0.25, 0.3) is 0 Å². The minimum Gasteiger partial charge on any atom is -0.350 e. The molecule has 110 valence electrons. The summed E-state index contributed by atoms with van der Waals surface area (Å²) in [4.78, 5) is 14.6. The van der Waals surface area contributed by atoms with Crippen LogP contribution in [0.2, 0.25) is 0 Å². The highest BCUT2D eigenvalue weighted by molar-refractivity contribution is 7.11. The van der Waals surface area contributed by atoms with E-state index in [4.69, 9.17) is 0 Å². The molecule has 2 rings (SSSR count). The molecule has 0 spiro atoms. The lowest BCUT2D eigenvalue weighted by Gasteiger charge is -2.14. The Bertz CT molecular complexity index is 566. The number of likely N-dealkylation sites (N-methyl/N-ethyl adjacent to an activating group) is 1. The Balaban J connectivity index is 0.00000200. The van der Waals surface area contributed by atoms with Gasteiger partial charge >= 0.3 is 0 Å². The summed E-state index contributed by atoms with van der Waals surface area (Å²) in [5.41, 5.74) is 0.866. The van der Waals surface area contributed by atoms with Gasteiger partial charge in [0.1, 0.15) is 6.04 Å². The first-order valence-electron chi connectivity index (χ1n) is 6.09. The van der Waals surface area contributed by atoms with Gasteiger partial charge < -0.3 is 10.6 Å². The Morgan fingerprint density at radius 1 is 1.50 bits per heavy atom. The Hall–Kier alpha value is -1.37. The summed E-state index contributed by atoms with van der Waals surface area (Å²) in [6, 6.07) is 3.73. The van der Waals surface area contributed by atoms with Crippen molar-refractivity contribution in [2.75, 3.05) is 7.05 Å². The van der Waals surface area contributed by atoms with E-state index in [1.165, 1.54) is 4.88 Å². The lowest BCUT2D eigenvalue weighted by molar-refractivity contribution is -0.123. The normalized spacial score (nSPS) is 11.8. The van der Waals surface area contributed by atoms with Crippen LogP contribution in [-0.4, -0.2) is 22.7 Å². The first-order chi connectivity index (χ1) is 9.10. The lowest BCUT2D eigenvalue weighted by atomic mass is 10.1. The van der Waals surface area contributed by atoms with Crippen molar-refractivity contribution in [2.24, 2.45) is 7.05 Å².